The number of thiocarbonyl (C=S) groups is 1. The van der Waals surface area contributed by atoms with E-state index in [4.69, 9.17) is 59.6 Å². The van der Waals surface area contributed by atoms with Crippen LogP contribution in [0.2, 0.25) is 0 Å². The number of aliphatic hydroxyl groups excluding tert-OH is 1. The molecule has 4 aliphatic heterocycles. The zero-order valence-corrected chi connectivity index (χ0v) is 37.8. The average Bonchev–Trinajstić information content (AvgIpc) is 3.91. The lowest BCUT2D eigenvalue weighted by atomic mass is 9.66. The predicted octanol–water partition coefficient (Wildman–Crippen LogP) is 8.05. The van der Waals surface area contributed by atoms with Crippen molar-refractivity contribution in [2.24, 2.45) is 11.8 Å². The maximum Gasteiger partial charge on any atom is 0.310 e. The number of nitrogens with one attached hydrogen (secondary N) is 1. The fourth-order valence-electron chi connectivity index (χ4n) is 9.32. The second-order valence-electron chi connectivity index (χ2n) is 16.9. The van der Waals surface area contributed by atoms with Gasteiger partial charge in [-0.05, 0) is 98.6 Å². The number of methoxy groups -OCH3 is 2. The molecule has 3 saturated heterocycles. The molecular weight excluding hydrogens is 831 g/mol. The monoisotopic (exact) mass is 895 g/mol. The van der Waals surface area contributed by atoms with Crippen LogP contribution in [0.1, 0.15) is 120 Å². The van der Waals surface area contributed by atoms with Crippen LogP contribution in [0.25, 0.3) is 0 Å². The highest BCUT2D eigenvalue weighted by atomic mass is 32.1. The number of carbonyl (C=O) groups is 1. The first kappa shape index (κ1) is 46.9. The molecule has 0 saturated carbocycles. The number of benzene rings is 2. The lowest BCUT2D eigenvalue weighted by Gasteiger charge is -2.48. The molecular formula is C48H65NO13S. The van der Waals surface area contributed by atoms with E-state index in [1.165, 1.54) is 59.2 Å². The Bertz CT molecular complexity index is 1880. The van der Waals surface area contributed by atoms with E-state index >= 15 is 0 Å². The first-order valence-corrected chi connectivity index (χ1v) is 23.2. The third-order valence-electron chi connectivity index (χ3n) is 12.6. The van der Waals surface area contributed by atoms with Crippen molar-refractivity contribution in [1.29, 1.82) is 0 Å². The van der Waals surface area contributed by atoms with Gasteiger partial charge in [0.15, 0.2) is 41.7 Å². The second-order valence-corrected chi connectivity index (χ2v) is 17.2. The summed E-state index contributed by atoms with van der Waals surface area (Å²) in [5.41, 5.74) is 2.06. The van der Waals surface area contributed by atoms with Crippen molar-refractivity contribution < 1.29 is 62.4 Å². The van der Waals surface area contributed by atoms with Gasteiger partial charge in [0.2, 0.25) is 12.5 Å². The Balaban J connectivity index is 0.981. The molecule has 2 unspecified atom stereocenters. The van der Waals surface area contributed by atoms with Gasteiger partial charge in [-0.3, -0.25) is 4.79 Å². The van der Waals surface area contributed by atoms with Crippen LogP contribution >= 0.6 is 12.2 Å². The lowest BCUT2D eigenvalue weighted by Crippen LogP contribution is -2.64. The Morgan fingerprint density at radius 1 is 0.857 bits per heavy atom. The number of phenolic OH excluding ortho intramolecular Hbond substituents is 1. The molecule has 0 amide bonds. The molecule has 3 N–H and O–H groups in total. The highest BCUT2D eigenvalue weighted by molar-refractivity contribution is 7.80. The lowest BCUT2D eigenvalue weighted by molar-refractivity contribution is -0.362. The third-order valence-corrected chi connectivity index (χ3v) is 12.9. The summed E-state index contributed by atoms with van der Waals surface area (Å²) in [7, 11) is 2.90. The summed E-state index contributed by atoms with van der Waals surface area (Å²) in [6, 6.07) is 7.07. The van der Waals surface area contributed by atoms with Crippen LogP contribution in [0, 0.1) is 11.8 Å². The molecule has 0 bridgehead atoms. The molecule has 5 aliphatic rings. The van der Waals surface area contributed by atoms with Gasteiger partial charge < -0.3 is 62.9 Å². The van der Waals surface area contributed by atoms with Crippen LogP contribution in [0.15, 0.2) is 48.6 Å². The number of phenols is 1. The Hall–Kier alpha value is -4.12. The zero-order chi connectivity index (χ0) is 44.3. The number of cyclic esters (lactones) is 1. The minimum absolute atomic E-state index is 0.0268. The van der Waals surface area contributed by atoms with Crippen LogP contribution in [0.4, 0.5) is 0 Å². The number of unbranched alkanes of at least 4 members (excludes halogenated alkanes) is 9. The van der Waals surface area contributed by atoms with E-state index in [-0.39, 0.29) is 42.4 Å². The van der Waals surface area contributed by atoms with Crippen molar-refractivity contribution in [3.05, 3.63) is 65.3 Å². The summed E-state index contributed by atoms with van der Waals surface area (Å²) in [5.74, 6) is -1.02. The second kappa shape index (κ2) is 22.7. The summed E-state index contributed by atoms with van der Waals surface area (Å²) in [6.07, 6.45) is 16.8. The van der Waals surface area contributed by atoms with Gasteiger partial charge in [-0.2, -0.15) is 0 Å². The Morgan fingerprint density at radius 2 is 1.52 bits per heavy atom. The zero-order valence-electron chi connectivity index (χ0n) is 37.0. The van der Waals surface area contributed by atoms with E-state index in [0.717, 1.165) is 32.1 Å². The molecule has 7 rings (SSSR count). The van der Waals surface area contributed by atoms with Gasteiger partial charge in [0, 0.05) is 18.4 Å². The van der Waals surface area contributed by atoms with Gasteiger partial charge in [0.05, 0.1) is 39.5 Å². The van der Waals surface area contributed by atoms with Crippen LogP contribution in [-0.2, 0) is 33.2 Å². The van der Waals surface area contributed by atoms with E-state index in [1.54, 1.807) is 19.1 Å². The molecule has 0 radical (unpaired) electrons. The van der Waals surface area contributed by atoms with Gasteiger partial charge in [0.1, 0.15) is 18.3 Å². The number of hydrogen-bond acceptors (Lipinski definition) is 14. The normalized spacial score (nSPS) is 28.4. The van der Waals surface area contributed by atoms with Crippen molar-refractivity contribution in [2.75, 3.05) is 40.8 Å². The number of allylic oxidation sites excluding steroid dienone is 4. The van der Waals surface area contributed by atoms with Crippen molar-refractivity contribution in [3.8, 4) is 28.7 Å². The Kier molecular flexibility index (Phi) is 16.9. The number of aliphatic hydroxyl groups is 1. The van der Waals surface area contributed by atoms with Gasteiger partial charge in [-0.1, -0.05) is 69.8 Å². The molecule has 15 heteroatoms. The molecule has 4 heterocycles. The van der Waals surface area contributed by atoms with Crippen molar-refractivity contribution in [3.63, 3.8) is 0 Å². The van der Waals surface area contributed by atoms with E-state index in [1.807, 2.05) is 12.1 Å². The first-order chi connectivity index (χ1) is 30.7. The minimum Gasteiger partial charge on any atom is -0.502 e. The van der Waals surface area contributed by atoms with E-state index in [9.17, 15) is 15.0 Å². The standard InChI is InChI=1S/C48H65NO13S/c1-5-6-7-8-9-10-11-12-13-14-15-16-17-18-19-20-21-49-48(63)62-45-42(51)47(60-38-27-55-29(2)59-44(38)45)61-43-32-25-35-34(57-28-58-35)24-31(32)39(40-33(43)26-56-46(40)52)30-22-36(53-3)41(50)37(23-30)54-4/h9-10,12-13,22-25,29,33,38-40,42-45,47,50-51H,5-8,11,14-21,26-28H2,1-4H3,(H,49,63)/b10-9-,13-12-/t29-,33+,38-,39?,40?,42-,43-,44-,45-,47+/m1/s1. The molecule has 0 spiro atoms. The SMILES string of the molecule is CCCCC/C=C\C/C=C\CCCCCCCCNC(=S)O[C@@H]1[C@@H](O)[C@H](O[C@@H]2c3cc4c(cc3C(c3cc(OC)c(O)c(OC)c3)C3C(=O)OC[C@@H]32)OCO4)O[C@@H]2CO[C@@H](C)O[C@@H]12. The van der Waals surface area contributed by atoms with E-state index < -0.39 is 66.8 Å². The molecule has 0 aromatic heterocycles. The molecule has 346 valence electrons. The summed E-state index contributed by atoms with van der Waals surface area (Å²) < 4.78 is 59.9. The van der Waals surface area contributed by atoms with Gasteiger partial charge >= 0.3 is 5.97 Å². The topological polar surface area (TPSA) is 162 Å². The van der Waals surface area contributed by atoms with Crippen molar-refractivity contribution in [2.45, 2.75) is 140 Å². The summed E-state index contributed by atoms with van der Waals surface area (Å²) >= 11 is 5.66. The molecule has 2 aromatic rings. The summed E-state index contributed by atoms with van der Waals surface area (Å²) in [6.45, 7) is 4.89. The van der Waals surface area contributed by atoms with Crippen LogP contribution in [0.5, 0.6) is 28.7 Å². The maximum atomic E-state index is 13.8. The Morgan fingerprint density at radius 3 is 2.22 bits per heavy atom. The number of aromatic hydroxyl groups is 1. The highest BCUT2D eigenvalue weighted by Gasteiger charge is 2.57. The van der Waals surface area contributed by atoms with Crippen molar-refractivity contribution in [1.82, 2.24) is 5.32 Å². The quantitative estimate of drug-likeness (QED) is 0.0477. The van der Waals surface area contributed by atoms with E-state index in [0.29, 0.717) is 34.7 Å². The van der Waals surface area contributed by atoms with Crippen molar-refractivity contribution >= 4 is 23.4 Å². The molecule has 63 heavy (non-hydrogen) atoms. The smallest absolute Gasteiger partial charge is 0.310 e. The summed E-state index contributed by atoms with van der Waals surface area (Å²) in [5, 5.41) is 26.2. The van der Waals surface area contributed by atoms with Crippen LogP contribution in [0.3, 0.4) is 0 Å². The van der Waals surface area contributed by atoms with Gasteiger partial charge in [-0.25, -0.2) is 0 Å². The number of ether oxygens (including phenoxy) is 10. The van der Waals surface area contributed by atoms with Crippen LogP contribution in [-0.4, -0.2) is 99.1 Å². The number of esters is 1. The summed E-state index contributed by atoms with van der Waals surface area (Å²) in [4.78, 5) is 13.8. The predicted molar refractivity (Wildman–Crippen MR) is 237 cm³/mol. The molecule has 10 atom stereocenters. The maximum absolute atomic E-state index is 13.8. The first-order valence-electron chi connectivity index (χ1n) is 22.8. The number of hydrogen-bond donors (Lipinski definition) is 3. The number of fused-ring (bicyclic) bond motifs is 4. The minimum atomic E-state index is -1.35. The number of carbonyl (C=O) groups excluding carboxylic acids is 1. The molecule has 14 nitrogen and oxygen atoms in total. The fraction of sp³-hybridized carbons (Fsp3) is 0.625. The fourth-order valence-corrected chi connectivity index (χ4v) is 9.54. The molecule has 2 aromatic carbocycles. The Labute approximate surface area is 376 Å². The highest BCUT2D eigenvalue weighted by Crippen LogP contribution is 2.57. The van der Waals surface area contributed by atoms with Gasteiger partial charge in [0.25, 0.3) is 5.17 Å². The van der Waals surface area contributed by atoms with Gasteiger partial charge in [-0.15, -0.1) is 0 Å². The molecule has 1 aliphatic carbocycles. The van der Waals surface area contributed by atoms with E-state index in [2.05, 4.69) is 36.5 Å². The number of rotatable bonds is 21. The van der Waals surface area contributed by atoms with Crippen LogP contribution < -0.4 is 24.3 Å². The largest absolute Gasteiger partial charge is 0.502 e. The average molecular weight is 896 g/mol. The third kappa shape index (κ3) is 11.2. The molecule has 3 fully saturated rings.